The molecule has 0 aromatic rings. The summed E-state index contributed by atoms with van der Waals surface area (Å²) < 4.78 is 12.1. The van der Waals surface area contributed by atoms with Crippen molar-refractivity contribution in [2.75, 3.05) is 14.1 Å². The molecule has 0 aliphatic rings. The zero-order valence-electron chi connectivity index (χ0n) is 9.70. The van der Waals surface area contributed by atoms with Crippen LogP contribution in [-0.4, -0.2) is 25.2 Å². The van der Waals surface area contributed by atoms with Crippen LogP contribution in [0.3, 0.4) is 0 Å². The monoisotopic (exact) mass is 210 g/mol. The van der Waals surface area contributed by atoms with E-state index >= 15 is 0 Å². The average molecular weight is 210 g/mol. The molecule has 0 rings (SSSR count). The summed E-state index contributed by atoms with van der Waals surface area (Å²) in [6.45, 7) is 5.13. The van der Waals surface area contributed by atoms with Crippen molar-refractivity contribution in [3.05, 3.63) is 36.5 Å². The minimum Gasteiger partial charge on any atom is -0.381 e. The molecule has 0 aromatic carbocycles. The minimum atomic E-state index is -0.525. The van der Waals surface area contributed by atoms with E-state index in [9.17, 15) is 4.39 Å². The normalized spacial score (nSPS) is 12.7. The van der Waals surface area contributed by atoms with Crippen molar-refractivity contribution in [3.8, 4) is 0 Å². The zero-order chi connectivity index (χ0) is 11.7. The summed E-state index contributed by atoms with van der Waals surface area (Å²) in [5, 5.41) is 0. The first-order valence-corrected chi connectivity index (χ1v) is 4.90. The third-order valence-electron chi connectivity index (χ3n) is 1.88. The topological polar surface area (TPSA) is 15.6 Å². The summed E-state index contributed by atoms with van der Waals surface area (Å²) in [4.78, 5) is 5.78. The summed E-state index contributed by atoms with van der Waals surface area (Å²) in [5.74, 6) is -0.525. The molecule has 0 bridgehead atoms. The van der Waals surface area contributed by atoms with Crippen molar-refractivity contribution in [2.45, 2.75) is 19.8 Å². The highest BCUT2D eigenvalue weighted by atomic mass is 19.1. The molecule has 0 heterocycles. The zero-order valence-corrected chi connectivity index (χ0v) is 9.70. The molecule has 0 aromatic heterocycles. The molecule has 0 aliphatic heterocycles. The third-order valence-corrected chi connectivity index (χ3v) is 1.88. The Morgan fingerprint density at radius 2 is 2.07 bits per heavy atom. The average Bonchev–Trinajstić information content (AvgIpc) is 2.15. The number of rotatable bonds is 6. The van der Waals surface area contributed by atoms with E-state index in [-0.39, 0.29) is 0 Å². The van der Waals surface area contributed by atoms with E-state index in [2.05, 4.69) is 29.5 Å². The van der Waals surface area contributed by atoms with E-state index < -0.39 is 5.83 Å². The number of allylic oxidation sites excluding steroid dienone is 4. The van der Waals surface area contributed by atoms with Crippen LogP contribution < -0.4 is 0 Å². The summed E-state index contributed by atoms with van der Waals surface area (Å²) in [6, 6.07) is 0. The Labute approximate surface area is 91.5 Å². The fourth-order valence-electron chi connectivity index (χ4n) is 0.830. The Bertz CT molecular complexity index is 275. The van der Waals surface area contributed by atoms with Gasteiger partial charge in [-0.3, -0.25) is 4.99 Å². The fraction of sp³-hybridized carbons (Fsp3) is 0.417. The van der Waals surface area contributed by atoms with Gasteiger partial charge in [0.1, 0.15) is 5.83 Å². The second-order valence-electron chi connectivity index (χ2n) is 3.43. The molecular formula is C12H19FN2. The second kappa shape index (κ2) is 7.97. The van der Waals surface area contributed by atoms with E-state index in [0.29, 0.717) is 0 Å². The first-order valence-electron chi connectivity index (χ1n) is 4.90. The second-order valence-corrected chi connectivity index (χ2v) is 3.43. The van der Waals surface area contributed by atoms with Gasteiger partial charge in [0.25, 0.3) is 0 Å². The van der Waals surface area contributed by atoms with Gasteiger partial charge in [0.05, 0.1) is 6.21 Å². The predicted octanol–water partition coefficient (Wildman–Crippen LogP) is 3.30. The van der Waals surface area contributed by atoms with Crippen LogP contribution in [0.5, 0.6) is 0 Å². The summed E-state index contributed by atoms with van der Waals surface area (Å²) in [6.07, 6.45) is 8.61. The lowest BCUT2D eigenvalue weighted by Crippen LogP contribution is -2.07. The molecule has 0 spiro atoms. The molecule has 0 fully saturated rings. The molecule has 0 atom stereocenters. The molecule has 15 heavy (non-hydrogen) atoms. The van der Waals surface area contributed by atoms with Gasteiger partial charge < -0.3 is 4.90 Å². The van der Waals surface area contributed by atoms with Gasteiger partial charge in [-0.1, -0.05) is 18.7 Å². The van der Waals surface area contributed by atoms with E-state index in [4.69, 9.17) is 0 Å². The molecule has 3 heteroatoms. The maximum Gasteiger partial charge on any atom is 0.134 e. The molecule has 0 saturated carbocycles. The van der Waals surface area contributed by atoms with Gasteiger partial charge in [0.2, 0.25) is 0 Å². The maximum absolute atomic E-state index is 12.1. The van der Waals surface area contributed by atoms with Crippen LogP contribution in [0.4, 0.5) is 4.39 Å². The van der Waals surface area contributed by atoms with Gasteiger partial charge in [-0.25, -0.2) is 4.39 Å². The summed E-state index contributed by atoms with van der Waals surface area (Å²) in [5.41, 5.74) is 1.24. The highest BCUT2D eigenvalue weighted by Gasteiger charge is 1.88. The van der Waals surface area contributed by atoms with Crippen LogP contribution in [0.2, 0.25) is 0 Å². The van der Waals surface area contributed by atoms with E-state index in [1.807, 2.05) is 20.2 Å². The molecule has 0 amide bonds. The summed E-state index contributed by atoms with van der Waals surface area (Å²) >= 11 is 0. The van der Waals surface area contributed by atoms with Crippen molar-refractivity contribution in [3.63, 3.8) is 0 Å². The van der Waals surface area contributed by atoms with Gasteiger partial charge in [0, 0.05) is 26.0 Å². The van der Waals surface area contributed by atoms with Crippen LogP contribution in [0.25, 0.3) is 0 Å². The number of hydrogen-bond donors (Lipinski definition) is 0. The van der Waals surface area contributed by atoms with Gasteiger partial charge in [0.15, 0.2) is 0 Å². The number of hydrogen-bond acceptors (Lipinski definition) is 2. The van der Waals surface area contributed by atoms with Gasteiger partial charge in [-0.05, 0) is 19.8 Å². The molecule has 0 N–H and O–H groups in total. The van der Waals surface area contributed by atoms with Gasteiger partial charge in [-0.2, -0.15) is 0 Å². The van der Waals surface area contributed by atoms with E-state index in [1.165, 1.54) is 5.70 Å². The van der Waals surface area contributed by atoms with Crippen LogP contribution >= 0.6 is 0 Å². The number of nitrogens with zero attached hydrogens (tertiary/aromatic N) is 2. The smallest absolute Gasteiger partial charge is 0.134 e. The number of unbranched alkanes of at least 4 members (excludes halogenated alkanes) is 1. The Hall–Kier alpha value is -1.38. The number of halogens is 1. The largest absolute Gasteiger partial charge is 0.381 e. The predicted molar refractivity (Wildman–Crippen MR) is 64.6 cm³/mol. The molecule has 0 unspecified atom stereocenters. The van der Waals surface area contributed by atoms with E-state index in [1.54, 1.807) is 6.20 Å². The standard InChI is InChI=1S/C12H19FN2/c1-11(13)10-14-9-7-5-6-8-12(2)15(3)4/h7-10H,1,5-6H2,2-4H3/b9-7-,12-8+,14-10?. The van der Waals surface area contributed by atoms with Crippen molar-refractivity contribution in [1.82, 2.24) is 4.90 Å². The van der Waals surface area contributed by atoms with E-state index in [0.717, 1.165) is 19.1 Å². The Kier molecular flexibility index (Phi) is 7.24. The molecule has 0 saturated heterocycles. The van der Waals surface area contributed by atoms with Crippen LogP contribution in [0.1, 0.15) is 19.8 Å². The van der Waals surface area contributed by atoms with Crippen molar-refractivity contribution in [1.29, 1.82) is 0 Å². The molecule has 0 radical (unpaired) electrons. The lowest BCUT2D eigenvalue weighted by atomic mass is 10.2. The van der Waals surface area contributed by atoms with Gasteiger partial charge >= 0.3 is 0 Å². The highest BCUT2D eigenvalue weighted by Crippen LogP contribution is 2.01. The third kappa shape index (κ3) is 8.94. The summed E-state index contributed by atoms with van der Waals surface area (Å²) in [7, 11) is 4.03. The Morgan fingerprint density at radius 1 is 1.40 bits per heavy atom. The molecule has 0 aliphatic carbocycles. The molecule has 84 valence electrons. The Balaban J connectivity index is 3.71. The number of aliphatic imine (C=N–C) groups is 1. The van der Waals surface area contributed by atoms with Crippen molar-refractivity contribution >= 4 is 6.21 Å². The first-order chi connectivity index (χ1) is 7.04. The molecular weight excluding hydrogens is 191 g/mol. The minimum absolute atomic E-state index is 0.525. The quantitative estimate of drug-likeness (QED) is 0.485. The highest BCUT2D eigenvalue weighted by molar-refractivity contribution is 5.74. The van der Waals surface area contributed by atoms with Crippen LogP contribution in [0.15, 0.2) is 41.4 Å². The fourth-order valence-corrected chi connectivity index (χ4v) is 0.830. The lowest BCUT2D eigenvalue weighted by Gasteiger charge is -2.11. The first kappa shape index (κ1) is 13.6. The SMILES string of the molecule is C=C(F)C=N/C=C\CC/C=C(\C)N(C)C. The Morgan fingerprint density at radius 3 is 2.60 bits per heavy atom. The van der Waals surface area contributed by atoms with Crippen molar-refractivity contribution in [2.24, 2.45) is 4.99 Å². The van der Waals surface area contributed by atoms with Crippen molar-refractivity contribution < 1.29 is 4.39 Å². The lowest BCUT2D eigenvalue weighted by molar-refractivity contribution is 0.510. The maximum atomic E-state index is 12.1. The van der Waals surface area contributed by atoms with Gasteiger partial charge in [-0.15, -0.1) is 0 Å². The molecule has 2 nitrogen and oxygen atoms in total. The van der Waals surface area contributed by atoms with Crippen LogP contribution in [-0.2, 0) is 0 Å². The van der Waals surface area contributed by atoms with Crippen LogP contribution in [0, 0.1) is 0 Å².